The first-order valence-electron chi connectivity index (χ1n) is 5.07. The SMILES string of the molecule is CC(C)C[C@@H](NC(=O)CCC(=O)O)C(=O)O. The molecule has 0 rings (SSSR count). The fraction of sp³-hybridized carbons (Fsp3) is 0.700. The Morgan fingerprint density at radius 2 is 1.69 bits per heavy atom. The Labute approximate surface area is 93.6 Å². The van der Waals surface area contributed by atoms with Crippen molar-refractivity contribution in [2.75, 3.05) is 0 Å². The highest BCUT2D eigenvalue weighted by Crippen LogP contribution is 2.05. The average Bonchev–Trinajstić information content (AvgIpc) is 2.12. The minimum Gasteiger partial charge on any atom is -0.481 e. The van der Waals surface area contributed by atoms with Crippen LogP contribution in [0.25, 0.3) is 0 Å². The Hall–Kier alpha value is -1.59. The van der Waals surface area contributed by atoms with Crippen LogP contribution in [0.3, 0.4) is 0 Å². The monoisotopic (exact) mass is 231 g/mol. The lowest BCUT2D eigenvalue weighted by molar-refractivity contribution is -0.142. The molecule has 1 atom stereocenters. The van der Waals surface area contributed by atoms with Crippen molar-refractivity contribution in [3.8, 4) is 0 Å². The maximum absolute atomic E-state index is 11.2. The zero-order chi connectivity index (χ0) is 12.7. The van der Waals surface area contributed by atoms with Gasteiger partial charge in [-0.25, -0.2) is 4.79 Å². The highest BCUT2D eigenvalue weighted by atomic mass is 16.4. The molecule has 0 unspecified atom stereocenters. The third kappa shape index (κ3) is 6.80. The summed E-state index contributed by atoms with van der Waals surface area (Å²) in [7, 11) is 0. The molecule has 16 heavy (non-hydrogen) atoms. The van der Waals surface area contributed by atoms with Crippen molar-refractivity contribution in [2.24, 2.45) is 5.92 Å². The second kappa shape index (κ2) is 6.81. The smallest absolute Gasteiger partial charge is 0.326 e. The molecule has 0 aliphatic carbocycles. The maximum Gasteiger partial charge on any atom is 0.326 e. The van der Waals surface area contributed by atoms with Crippen LogP contribution in [0.2, 0.25) is 0 Å². The van der Waals surface area contributed by atoms with Crippen molar-refractivity contribution >= 4 is 17.8 Å². The lowest BCUT2D eigenvalue weighted by atomic mass is 10.0. The van der Waals surface area contributed by atoms with E-state index in [9.17, 15) is 14.4 Å². The van der Waals surface area contributed by atoms with E-state index in [1.54, 1.807) is 0 Å². The fourth-order valence-electron chi connectivity index (χ4n) is 1.18. The van der Waals surface area contributed by atoms with Crippen LogP contribution in [-0.2, 0) is 14.4 Å². The Morgan fingerprint density at radius 1 is 1.12 bits per heavy atom. The topological polar surface area (TPSA) is 104 Å². The minimum atomic E-state index is -1.10. The van der Waals surface area contributed by atoms with E-state index in [0.717, 1.165) is 0 Å². The van der Waals surface area contributed by atoms with Gasteiger partial charge < -0.3 is 15.5 Å². The Bertz CT molecular complexity index is 274. The molecule has 0 aliphatic rings. The predicted octanol–water partition coefficient (Wildman–Crippen LogP) is 0.467. The zero-order valence-electron chi connectivity index (χ0n) is 9.40. The Morgan fingerprint density at radius 3 is 2.06 bits per heavy atom. The van der Waals surface area contributed by atoms with E-state index < -0.39 is 23.9 Å². The van der Waals surface area contributed by atoms with Gasteiger partial charge in [-0.3, -0.25) is 9.59 Å². The van der Waals surface area contributed by atoms with E-state index in [1.165, 1.54) is 0 Å². The van der Waals surface area contributed by atoms with Crippen LogP contribution in [0.15, 0.2) is 0 Å². The molecule has 0 aromatic rings. The summed E-state index contributed by atoms with van der Waals surface area (Å²) in [6.45, 7) is 3.69. The summed E-state index contributed by atoms with van der Waals surface area (Å²) < 4.78 is 0. The molecule has 0 saturated heterocycles. The van der Waals surface area contributed by atoms with Gasteiger partial charge in [0, 0.05) is 6.42 Å². The van der Waals surface area contributed by atoms with Gasteiger partial charge in [0.2, 0.25) is 5.91 Å². The second-order valence-corrected chi connectivity index (χ2v) is 3.98. The van der Waals surface area contributed by atoms with Crippen LogP contribution < -0.4 is 5.32 Å². The number of hydrogen-bond acceptors (Lipinski definition) is 3. The third-order valence-electron chi connectivity index (χ3n) is 1.91. The van der Waals surface area contributed by atoms with Gasteiger partial charge in [0.05, 0.1) is 6.42 Å². The van der Waals surface area contributed by atoms with E-state index in [1.807, 2.05) is 13.8 Å². The van der Waals surface area contributed by atoms with Crippen LogP contribution in [0.4, 0.5) is 0 Å². The van der Waals surface area contributed by atoms with Crippen molar-refractivity contribution in [1.82, 2.24) is 5.32 Å². The molecule has 0 aromatic carbocycles. The van der Waals surface area contributed by atoms with Crippen LogP contribution in [0, 0.1) is 5.92 Å². The van der Waals surface area contributed by atoms with Crippen molar-refractivity contribution in [3.63, 3.8) is 0 Å². The number of carbonyl (C=O) groups is 3. The zero-order valence-corrected chi connectivity index (χ0v) is 9.40. The van der Waals surface area contributed by atoms with E-state index in [0.29, 0.717) is 6.42 Å². The number of rotatable bonds is 7. The maximum atomic E-state index is 11.2. The highest BCUT2D eigenvalue weighted by Gasteiger charge is 2.20. The van der Waals surface area contributed by atoms with E-state index in [4.69, 9.17) is 10.2 Å². The molecule has 6 nitrogen and oxygen atoms in total. The Balaban J connectivity index is 4.13. The number of amides is 1. The van der Waals surface area contributed by atoms with Gasteiger partial charge in [-0.2, -0.15) is 0 Å². The second-order valence-electron chi connectivity index (χ2n) is 3.98. The average molecular weight is 231 g/mol. The van der Waals surface area contributed by atoms with Crippen LogP contribution in [0.1, 0.15) is 33.1 Å². The molecule has 6 heteroatoms. The molecule has 0 aromatic heterocycles. The summed E-state index contributed by atoms with van der Waals surface area (Å²) in [5.41, 5.74) is 0. The molecule has 0 bridgehead atoms. The van der Waals surface area contributed by atoms with Gasteiger partial charge >= 0.3 is 11.9 Å². The molecular formula is C10H17NO5. The number of nitrogens with one attached hydrogen (secondary N) is 1. The molecule has 92 valence electrons. The summed E-state index contributed by atoms with van der Waals surface area (Å²) >= 11 is 0. The van der Waals surface area contributed by atoms with Crippen LogP contribution in [0.5, 0.6) is 0 Å². The lowest BCUT2D eigenvalue weighted by Crippen LogP contribution is -2.41. The number of carboxylic acid groups (broad SMARTS) is 2. The van der Waals surface area contributed by atoms with Crippen LogP contribution >= 0.6 is 0 Å². The van der Waals surface area contributed by atoms with Crippen molar-refractivity contribution in [2.45, 2.75) is 39.2 Å². The molecule has 0 saturated carbocycles. The Kier molecular flexibility index (Phi) is 6.14. The molecule has 3 N–H and O–H groups in total. The predicted molar refractivity (Wildman–Crippen MR) is 55.9 cm³/mol. The van der Waals surface area contributed by atoms with Gasteiger partial charge in [0.25, 0.3) is 0 Å². The summed E-state index contributed by atoms with van der Waals surface area (Å²) in [6, 6.07) is -0.943. The highest BCUT2D eigenvalue weighted by molar-refractivity contribution is 5.85. The summed E-state index contributed by atoms with van der Waals surface area (Å²) in [5.74, 6) is -2.58. The van der Waals surface area contributed by atoms with Crippen molar-refractivity contribution in [3.05, 3.63) is 0 Å². The fourth-order valence-corrected chi connectivity index (χ4v) is 1.18. The number of aliphatic carboxylic acids is 2. The third-order valence-corrected chi connectivity index (χ3v) is 1.91. The summed E-state index contributed by atoms with van der Waals surface area (Å²) in [5, 5.41) is 19.5. The quantitative estimate of drug-likeness (QED) is 0.590. The normalized spacial score (nSPS) is 12.2. The first-order valence-corrected chi connectivity index (χ1v) is 5.07. The molecule has 0 spiro atoms. The molecule has 0 heterocycles. The standard InChI is InChI=1S/C10H17NO5/c1-6(2)5-7(10(15)16)11-8(12)3-4-9(13)14/h6-7H,3-5H2,1-2H3,(H,11,12)(H,13,14)(H,15,16)/t7-/m1/s1. The summed E-state index contributed by atoms with van der Waals surface area (Å²) in [4.78, 5) is 32.2. The van der Waals surface area contributed by atoms with Gasteiger partial charge in [-0.05, 0) is 12.3 Å². The first-order chi connectivity index (χ1) is 7.32. The van der Waals surface area contributed by atoms with Gasteiger partial charge in [0.1, 0.15) is 6.04 Å². The number of carboxylic acids is 2. The van der Waals surface area contributed by atoms with E-state index in [2.05, 4.69) is 5.32 Å². The molecule has 0 aliphatic heterocycles. The largest absolute Gasteiger partial charge is 0.481 e. The lowest BCUT2D eigenvalue weighted by Gasteiger charge is -2.16. The van der Waals surface area contributed by atoms with Gasteiger partial charge in [-0.1, -0.05) is 13.8 Å². The van der Waals surface area contributed by atoms with E-state index in [-0.39, 0.29) is 18.8 Å². The molecule has 0 fully saturated rings. The van der Waals surface area contributed by atoms with Gasteiger partial charge in [-0.15, -0.1) is 0 Å². The van der Waals surface area contributed by atoms with E-state index >= 15 is 0 Å². The minimum absolute atomic E-state index is 0.140. The van der Waals surface area contributed by atoms with Crippen LogP contribution in [-0.4, -0.2) is 34.1 Å². The first kappa shape index (κ1) is 14.4. The molecular weight excluding hydrogens is 214 g/mol. The number of carbonyl (C=O) groups excluding carboxylic acids is 1. The number of hydrogen-bond donors (Lipinski definition) is 3. The van der Waals surface area contributed by atoms with Crippen molar-refractivity contribution in [1.29, 1.82) is 0 Å². The van der Waals surface area contributed by atoms with Gasteiger partial charge in [0.15, 0.2) is 0 Å². The summed E-state index contributed by atoms with van der Waals surface area (Å²) in [6.07, 6.45) is -0.162. The molecule has 1 amide bonds. The molecule has 0 radical (unpaired) electrons. The van der Waals surface area contributed by atoms with Crippen molar-refractivity contribution < 1.29 is 24.6 Å².